The van der Waals surface area contributed by atoms with Gasteiger partial charge in [0.25, 0.3) is 0 Å². The number of halogens is 8. The summed E-state index contributed by atoms with van der Waals surface area (Å²) in [6, 6.07) is -1.86. The van der Waals surface area contributed by atoms with Gasteiger partial charge >= 0.3 is 12.2 Å². The topological polar surface area (TPSA) is 3.24 Å². The molecule has 174 valence electrons. The second kappa shape index (κ2) is 12.3. The molecule has 0 amide bonds. The fourth-order valence-corrected chi connectivity index (χ4v) is 3.17. The third-order valence-electron chi connectivity index (χ3n) is 4.84. The van der Waals surface area contributed by atoms with Crippen molar-refractivity contribution in [2.24, 2.45) is 0 Å². The Morgan fingerprint density at radius 2 is 1.50 bits per heavy atom. The third kappa shape index (κ3) is 9.08. The van der Waals surface area contributed by atoms with E-state index in [0.29, 0.717) is 17.4 Å². The summed E-state index contributed by atoms with van der Waals surface area (Å²) in [5.41, 5.74) is -0.578. The average molecular weight is 447 g/mol. The molecular weight excluding hydrogens is 418 g/mol. The molecular formula is C21H29F8N. The number of rotatable bonds is 14. The lowest BCUT2D eigenvalue weighted by molar-refractivity contribution is -0.135. The maximum Gasteiger partial charge on any atom is 0.389 e. The van der Waals surface area contributed by atoms with Gasteiger partial charge in [0.05, 0.1) is 5.69 Å². The molecule has 1 aromatic rings. The summed E-state index contributed by atoms with van der Waals surface area (Å²) in [5, 5.41) is 0. The second-order valence-electron chi connectivity index (χ2n) is 7.43. The fourth-order valence-electron chi connectivity index (χ4n) is 3.17. The van der Waals surface area contributed by atoms with Crippen molar-refractivity contribution in [2.75, 3.05) is 11.4 Å². The zero-order valence-corrected chi connectivity index (χ0v) is 17.1. The number of nitrogens with zero attached hydrogens (tertiary/aromatic N) is 1. The first-order valence-electron chi connectivity index (χ1n) is 10.3. The Morgan fingerprint density at radius 3 is 2.10 bits per heavy atom. The van der Waals surface area contributed by atoms with Gasteiger partial charge in [0.15, 0.2) is 6.17 Å². The van der Waals surface area contributed by atoms with Gasteiger partial charge in [-0.3, -0.25) is 0 Å². The minimum Gasteiger partial charge on any atom is -0.308 e. The van der Waals surface area contributed by atoms with Crippen LogP contribution in [0, 0.1) is 11.6 Å². The first-order chi connectivity index (χ1) is 14.0. The summed E-state index contributed by atoms with van der Waals surface area (Å²) < 4.78 is 108. The van der Waals surface area contributed by atoms with E-state index in [1.165, 1.54) is 0 Å². The molecule has 9 heteroatoms. The molecule has 0 saturated carbocycles. The Kier molecular flexibility index (Phi) is 10.9. The van der Waals surface area contributed by atoms with Crippen molar-refractivity contribution in [1.29, 1.82) is 0 Å². The molecule has 0 heterocycles. The summed E-state index contributed by atoms with van der Waals surface area (Å²) in [7, 11) is 0. The Morgan fingerprint density at radius 1 is 0.867 bits per heavy atom. The number of alkyl halides is 6. The van der Waals surface area contributed by atoms with E-state index in [4.69, 9.17) is 0 Å². The Hall–Kier alpha value is -1.54. The van der Waals surface area contributed by atoms with Crippen molar-refractivity contribution in [3.05, 3.63) is 29.8 Å². The molecule has 0 aliphatic carbocycles. The predicted octanol–water partition coefficient (Wildman–Crippen LogP) is 8.19. The molecule has 1 atom stereocenters. The van der Waals surface area contributed by atoms with Gasteiger partial charge < -0.3 is 4.90 Å². The largest absolute Gasteiger partial charge is 0.389 e. The van der Waals surface area contributed by atoms with Crippen LogP contribution < -0.4 is 4.90 Å². The molecule has 0 saturated heterocycles. The van der Waals surface area contributed by atoms with Crippen LogP contribution in [-0.4, -0.2) is 24.9 Å². The predicted molar refractivity (Wildman–Crippen MR) is 101 cm³/mol. The maximum absolute atomic E-state index is 14.8. The summed E-state index contributed by atoms with van der Waals surface area (Å²) in [5.74, 6) is -2.13. The van der Waals surface area contributed by atoms with E-state index in [1.807, 2.05) is 6.92 Å². The monoisotopic (exact) mass is 447 g/mol. The lowest BCUT2D eigenvalue weighted by atomic mass is 10.1. The molecule has 0 N–H and O–H groups in total. The maximum atomic E-state index is 14.8. The van der Waals surface area contributed by atoms with Gasteiger partial charge in [0.1, 0.15) is 11.6 Å². The van der Waals surface area contributed by atoms with Crippen molar-refractivity contribution >= 4 is 5.69 Å². The van der Waals surface area contributed by atoms with E-state index in [-0.39, 0.29) is 38.6 Å². The minimum absolute atomic E-state index is 0.00973. The smallest absolute Gasteiger partial charge is 0.308 e. The lowest BCUT2D eigenvalue weighted by Gasteiger charge is -2.35. The lowest BCUT2D eigenvalue weighted by Crippen LogP contribution is -2.49. The van der Waals surface area contributed by atoms with Gasteiger partial charge in [0.2, 0.25) is 0 Å². The standard InChI is InChI=1S/C21H29F8N/c1-2-3-4-9-14-30(18-12-11-16(22)15-17(18)23)21(28,29)19(24)10-7-5-6-8-13-20(25,26)27/h11-12,15,19H,2-10,13-14H2,1H3. The zero-order valence-electron chi connectivity index (χ0n) is 17.1. The van der Waals surface area contributed by atoms with Gasteiger partial charge in [-0.05, 0) is 31.4 Å². The van der Waals surface area contributed by atoms with Crippen molar-refractivity contribution in [1.82, 2.24) is 0 Å². The number of hydrogen-bond acceptors (Lipinski definition) is 1. The van der Waals surface area contributed by atoms with Gasteiger partial charge in [-0.1, -0.05) is 45.4 Å². The molecule has 30 heavy (non-hydrogen) atoms. The number of hydrogen-bond donors (Lipinski definition) is 0. The highest BCUT2D eigenvalue weighted by Gasteiger charge is 2.46. The van der Waals surface area contributed by atoms with E-state index in [2.05, 4.69) is 0 Å². The Labute approximate surface area is 172 Å². The van der Waals surface area contributed by atoms with Gasteiger partial charge in [-0.2, -0.15) is 22.0 Å². The zero-order chi connectivity index (χ0) is 22.8. The number of unbranched alkanes of at least 4 members (excludes halogenated alkanes) is 6. The van der Waals surface area contributed by atoms with Crippen LogP contribution in [0.4, 0.5) is 40.8 Å². The molecule has 0 aromatic heterocycles. The first-order valence-corrected chi connectivity index (χ1v) is 10.3. The van der Waals surface area contributed by atoms with Crippen LogP contribution in [0.5, 0.6) is 0 Å². The molecule has 1 nitrogen and oxygen atoms in total. The van der Waals surface area contributed by atoms with Crippen LogP contribution in [0.25, 0.3) is 0 Å². The summed E-state index contributed by atoms with van der Waals surface area (Å²) in [6.07, 6.45) is -5.71. The first kappa shape index (κ1) is 26.5. The van der Waals surface area contributed by atoms with Gasteiger partial charge in [-0.25, -0.2) is 13.2 Å². The van der Waals surface area contributed by atoms with Crippen LogP contribution in [0.2, 0.25) is 0 Å². The van der Waals surface area contributed by atoms with E-state index >= 15 is 0 Å². The van der Waals surface area contributed by atoms with Crippen molar-refractivity contribution in [3.8, 4) is 0 Å². The highest BCUT2D eigenvalue weighted by Crippen LogP contribution is 2.36. The molecule has 0 aliphatic heterocycles. The molecule has 0 fully saturated rings. The SMILES string of the molecule is CCCCCCN(c1ccc(F)cc1F)C(F)(F)C(F)CCCCCCC(F)(F)F. The molecule has 0 aliphatic rings. The van der Waals surface area contributed by atoms with E-state index in [0.717, 1.165) is 25.0 Å². The van der Waals surface area contributed by atoms with Crippen molar-refractivity contribution in [3.63, 3.8) is 0 Å². The normalized spacial score (nSPS) is 13.5. The Balaban J connectivity index is 2.74. The quantitative estimate of drug-likeness (QED) is 0.158. The Bertz CT molecular complexity index is 618. The highest BCUT2D eigenvalue weighted by molar-refractivity contribution is 5.49. The molecule has 0 bridgehead atoms. The van der Waals surface area contributed by atoms with E-state index in [9.17, 15) is 35.1 Å². The summed E-state index contributed by atoms with van der Waals surface area (Å²) in [4.78, 5) is 0.339. The molecule has 1 rings (SSSR count). The fraction of sp³-hybridized carbons (Fsp3) is 0.714. The highest BCUT2D eigenvalue weighted by atomic mass is 19.4. The second-order valence-corrected chi connectivity index (χ2v) is 7.43. The molecule has 1 unspecified atom stereocenters. The summed E-state index contributed by atoms with van der Waals surface area (Å²) in [6.45, 7) is 1.62. The molecule has 1 aromatic carbocycles. The number of benzene rings is 1. The summed E-state index contributed by atoms with van der Waals surface area (Å²) >= 11 is 0. The van der Waals surface area contributed by atoms with Crippen LogP contribution in [0.1, 0.15) is 71.1 Å². The van der Waals surface area contributed by atoms with Crippen LogP contribution in [0.3, 0.4) is 0 Å². The average Bonchev–Trinajstić information content (AvgIpc) is 2.64. The minimum atomic E-state index is -4.27. The number of anilines is 1. The van der Waals surface area contributed by atoms with Gasteiger partial charge in [0, 0.05) is 19.0 Å². The van der Waals surface area contributed by atoms with E-state index < -0.39 is 48.6 Å². The van der Waals surface area contributed by atoms with Crippen LogP contribution in [0.15, 0.2) is 18.2 Å². The molecule has 0 radical (unpaired) electrons. The van der Waals surface area contributed by atoms with Crippen LogP contribution >= 0.6 is 0 Å². The molecule has 0 spiro atoms. The van der Waals surface area contributed by atoms with Crippen molar-refractivity contribution in [2.45, 2.75) is 89.5 Å². The van der Waals surface area contributed by atoms with Crippen LogP contribution in [-0.2, 0) is 0 Å². The third-order valence-corrected chi connectivity index (χ3v) is 4.84. The van der Waals surface area contributed by atoms with E-state index in [1.54, 1.807) is 0 Å². The van der Waals surface area contributed by atoms with Crippen molar-refractivity contribution < 1.29 is 35.1 Å². The van der Waals surface area contributed by atoms with Gasteiger partial charge in [-0.15, -0.1) is 0 Å².